The summed E-state index contributed by atoms with van der Waals surface area (Å²) in [6.45, 7) is 6.06. The Morgan fingerprint density at radius 2 is 2.33 bits per heavy atom. The van der Waals surface area contributed by atoms with Crippen molar-refractivity contribution in [2.45, 2.75) is 39.7 Å². The van der Waals surface area contributed by atoms with Gasteiger partial charge in [-0.25, -0.2) is 0 Å². The summed E-state index contributed by atoms with van der Waals surface area (Å²) in [7, 11) is 0. The van der Waals surface area contributed by atoms with Gasteiger partial charge in [0.15, 0.2) is 5.82 Å². The van der Waals surface area contributed by atoms with Gasteiger partial charge in [0.2, 0.25) is 0 Å². The molecule has 0 aliphatic carbocycles. The molecule has 0 bridgehead atoms. The van der Waals surface area contributed by atoms with E-state index in [-0.39, 0.29) is 0 Å². The van der Waals surface area contributed by atoms with Gasteiger partial charge in [-0.3, -0.25) is 0 Å². The normalized spacial score (nSPS) is 12.9. The maximum absolute atomic E-state index is 4.91. The second-order valence-corrected chi connectivity index (χ2v) is 2.98. The number of aromatic nitrogens is 2. The lowest BCUT2D eigenvalue weighted by Gasteiger charge is -2.08. The predicted molar refractivity (Wildman–Crippen MR) is 47.0 cm³/mol. The van der Waals surface area contributed by atoms with Gasteiger partial charge in [-0.1, -0.05) is 18.5 Å². The Labute approximate surface area is 72.4 Å². The molecule has 0 aliphatic rings. The number of nitrogens with zero attached hydrogens (tertiary/aromatic N) is 2. The molecule has 1 atom stereocenters. The molecule has 0 spiro atoms. The fourth-order valence-corrected chi connectivity index (χ4v) is 1.07. The van der Waals surface area contributed by atoms with Crippen molar-refractivity contribution in [2.75, 3.05) is 5.32 Å². The van der Waals surface area contributed by atoms with Crippen LogP contribution in [0.15, 0.2) is 4.52 Å². The molecule has 12 heavy (non-hydrogen) atoms. The Morgan fingerprint density at radius 3 is 2.83 bits per heavy atom. The van der Waals surface area contributed by atoms with Crippen molar-refractivity contribution in [3.8, 4) is 0 Å². The molecule has 1 N–H and O–H groups in total. The van der Waals surface area contributed by atoms with Gasteiger partial charge in [-0.2, -0.15) is 4.98 Å². The van der Waals surface area contributed by atoms with Gasteiger partial charge in [0, 0.05) is 6.04 Å². The summed E-state index contributed by atoms with van der Waals surface area (Å²) >= 11 is 0. The average Bonchev–Trinajstić information content (AvgIpc) is 2.36. The van der Waals surface area contributed by atoms with E-state index in [0.29, 0.717) is 17.9 Å². The number of aryl methyl sites for hydroxylation is 1. The summed E-state index contributed by atoms with van der Waals surface area (Å²) in [5, 5.41) is 6.80. The highest BCUT2D eigenvalue weighted by Crippen LogP contribution is 2.06. The molecule has 0 amide bonds. The third-order valence-electron chi connectivity index (χ3n) is 1.62. The van der Waals surface area contributed by atoms with E-state index >= 15 is 0 Å². The zero-order valence-electron chi connectivity index (χ0n) is 7.79. The van der Waals surface area contributed by atoms with Gasteiger partial charge in [0.1, 0.15) is 0 Å². The van der Waals surface area contributed by atoms with Gasteiger partial charge in [0.05, 0.1) is 0 Å². The topological polar surface area (TPSA) is 51.0 Å². The van der Waals surface area contributed by atoms with E-state index in [9.17, 15) is 0 Å². The van der Waals surface area contributed by atoms with Gasteiger partial charge >= 0.3 is 6.01 Å². The Morgan fingerprint density at radius 1 is 1.58 bits per heavy atom. The monoisotopic (exact) mass is 169 g/mol. The van der Waals surface area contributed by atoms with Crippen LogP contribution in [0.2, 0.25) is 0 Å². The van der Waals surface area contributed by atoms with E-state index < -0.39 is 0 Å². The molecule has 0 saturated carbocycles. The zero-order chi connectivity index (χ0) is 8.97. The molecule has 0 radical (unpaired) electrons. The maximum atomic E-state index is 4.91. The highest BCUT2D eigenvalue weighted by atomic mass is 16.5. The fourth-order valence-electron chi connectivity index (χ4n) is 1.07. The van der Waals surface area contributed by atoms with Crippen LogP contribution < -0.4 is 5.32 Å². The summed E-state index contributed by atoms with van der Waals surface area (Å²) in [6, 6.07) is 0.920. The summed E-state index contributed by atoms with van der Waals surface area (Å²) in [5.74, 6) is 0.668. The van der Waals surface area contributed by atoms with Crippen molar-refractivity contribution < 1.29 is 4.52 Å². The largest absolute Gasteiger partial charge is 0.335 e. The van der Waals surface area contributed by atoms with E-state index in [4.69, 9.17) is 4.52 Å². The molecule has 1 rings (SSSR count). The molecule has 1 heterocycles. The molecule has 4 heteroatoms. The Bertz CT molecular complexity index is 234. The van der Waals surface area contributed by atoms with E-state index in [1.165, 1.54) is 0 Å². The molecular formula is C8H15N3O. The number of hydrogen-bond acceptors (Lipinski definition) is 4. The first kappa shape index (κ1) is 9.03. The summed E-state index contributed by atoms with van der Waals surface area (Å²) < 4.78 is 4.91. The highest BCUT2D eigenvalue weighted by molar-refractivity contribution is 5.19. The molecule has 1 aromatic rings. The minimum Gasteiger partial charge on any atom is -0.335 e. The van der Waals surface area contributed by atoms with Crippen LogP contribution >= 0.6 is 0 Å². The quantitative estimate of drug-likeness (QED) is 0.748. The van der Waals surface area contributed by atoms with Crippen LogP contribution in [-0.2, 0) is 0 Å². The van der Waals surface area contributed by atoms with Gasteiger partial charge in [0.25, 0.3) is 0 Å². The van der Waals surface area contributed by atoms with Crippen molar-refractivity contribution >= 4 is 6.01 Å². The molecule has 0 aliphatic heterocycles. The predicted octanol–water partition coefficient (Wildman–Crippen LogP) is 1.98. The Hall–Kier alpha value is -1.06. The van der Waals surface area contributed by atoms with Crippen molar-refractivity contribution in [1.29, 1.82) is 0 Å². The van der Waals surface area contributed by atoms with Gasteiger partial charge in [-0.15, -0.1) is 0 Å². The molecule has 1 aromatic heterocycles. The number of rotatable bonds is 4. The molecule has 4 nitrogen and oxygen atoms in total. The Balaban J connectivity index is 2.41. The number of anilines is 1. The van der Waals surface area contributed by atoms with Crippen LogP contribution in [0.4, 0.5) is 6.01 Å². The van der Waals surface area contributed by atoms with Crippen molar-refractivity contribution in [3.63, 3.8) is 0 Å². The summed E-state index contributed by atoms with van der Waals surface area (Å²) in [5.41, 5.74) is 0. The lowest BCUT2D eigenvalue weighted by atomic mass is 10.2. The van der Waals surface area contributed by atoms with Crippen molar-refractivity contribution in [1.82, 2.24) is 10.1 Å². The van der Waals surface area contributed by atoms with Crippen LogP contribution in [0.5, 0.6) is 0 Å². The molecule has 68 valence electrons. The lowest BCUT2D eigenvalue weighted by molar-refractivity contribution is 0.421. The van der Waals surface area contributed by atoms with Crippen LogP contribution in [0, 0.1) is 6.92 Å². The van der Waals surface area contributed by atoms with Crippen molar-refractivity contribution in [3.05, 3.63) is 5.82 Å². The summed E-state index contributed by atoms with van der Waals surface area (Å²) in [4.78, 5) is 4.04. The molecule has 0 aromatic carbocycles. The number of nitrogens with one attached hydrogen (secondary N) is 1. The maximum Gasteiger partial charge on any atom is 0.321 e. The Kier molecular flexibility index (Phi) is 3.08. The summed E-state index contributed by atoms with van der Waals surface area (Å²) in [6.07, 6.45) is 2.27. The molecular weight excluding hydrogens is 154 g/mol. The first-order valence-electron chi connectivity index (χ1n) is 4.29. The van der Waals surface area contributed by atoms with E-state index in [1.54, 1.807) is 6.92 Å². The van der Waals surface area contributed by atoms with Crippen LogP contribution in [0.1, 0.15) is 32.5 Å². The fraction of sp³-hybridized carbons (Fsp3) is 0.750. The average molecular weight is 169 g/mol. The molecule has 1 unspecified atom stereocenters. The van der Waals surface area contributed by atoms with Gasteiger partial charge < -0.3 is 9.84 Å². The zero-order valence-corrected chi connectivity index (χ0v) is 7.79. The number of hydrogen-bond donors (Lipinski definition) is 1. The van der Waals surface area contributed by atoms with E-state index in [0.717, 1.165) is 12.8 Å². The third-order valence-corrected chi connectivity index (χ3v) is 1.62. The van der Waals surface area contributed by atoms with E-state index in [1.807, 2.05) is 0 Å². The third kappa shape index (κ3) is 2.53. The second-order valence-electron chi connectivity index (χ2n) is 2.98. The van der Waals surface area contributed by atoms with Crippen molar-refractivity contribution in [2.24, 2.45) is 0 Å². The van der Waals surface area contributed by atoms with Crippen LogP contribution in [0.3, 0.4) is 0 Å². The smallest absolute Gasteiger partial charge is 0.321 e. The van der Waals surface area contributed by atoms with Crippen LogP contribution in [0.25, 0.3) is 0 Å². The van der Waals surface area contributed by atoms with Gasteiger partial charge in [-0.05, 0) is 20.3 Å². The molecule has 0 saturated heterocycles. The minimum atomic E-state index is 0.398. The first-order valence-corrected chi connectivity index (χ1v) is 4.29. The highest BCUT2D eigenvalue weighted by Gasteiger charge is 2.05. The second kappa shape index (κ2) is 4.09. The van der Waals surface area contributed by atoms with Crippen LogP contribution in [-0.4, -0.2) is 16.2 Å². The SMILES string of the molecule is CCCC(C)Nc1nc(C)no1. The molecule has 0 fully saturated rings. The standard InChI is InChI=1S/C8H15N3O/c1-4-5-6(2)9-8-10-7(3)11-12-8/h6H,4-5H2,1-3H3,(H,9,10,11). The minimum absolute atomic E-state index is 0.398. The van der Waals surface area contributed by atoms with E-state index in [2.05, 4.69) is 29.3 Å². The first-order chi connectivity index (χ1) is 5.72. The lowest BCUT2D eigenvalue weighted by Crippen LogP contribution is -2.14.